The molecule has 0 amide bonds. The molecule has 0 aliphatic rings. The Labute approximate surface area is 120 Å². The van der Waals surface area contributed by atoms with Crippen molar-refractivity contribution in [3.63, 3.8) is 0 Å². The molecule has 0 saturated heterocycles. The van der Waals surface area contributed by atoms with Crippen LogP contribution in [0.5, 0.6) is 0 Å². The third kappa shape index (κ3) is 3.24. The topological polar surface area (TPSA) is 54.5 Å². The molecule has 2 rings (SSSR count). The van der Waals surface area contributed by atoms with E-state index in [1.54, 1.807) is 0 Å². The summed E-state index contributed by atoms with van der Waals surface area (Å²) in [5, 5.41) is 12.9. The van der Waals surface area contributed by atoms with Gasteiger partial charge in [-0.05, 0) is 37.0 Å². The van der Waals surface area contributed by atoms with E-state index in [4.69, 9.17) is 5.26 Å². The van der Waals surface area contributed by atoms with Crippen molar-refractivity contribution >= 4 is 0 Å². The molecule has 0 aromatic carbocycles. The van der Waals surface area contributed by atoms with Gasteiger partial charge in [0.15, 0.2) is 0 Å². The molecule has 2 aromatic rings. The van der Waals surface area contributed by atoms with Crippen molar-refractivity contribution < 1.29 is 0 Å². The first-order valence-electron chi connectivity index (χ1n) is 7.02. The summed E-state index contributed by atoms with van der Waals surface area (Å²) in [5.41, 5.74) is 4.39. The van der Waals surface area contributed by atoms with Crippen LogP contribution in [-0.4, -0.2) is 14.8 Å². The Bertz CT molecular complexity index is 622. The fourth-order valence-corrected chi connectivity index (χ4v) is 2.12. The van der Waals surface area contributed by atoms with Crippen LogP contribution in [-0.2, 0) is 6.54 Å². The van der Waals surface area contributed by atoms with Gasteiger partial charge in [0.1, 0.15) is 0 Å². The van der Waals surface area contributed by atoms with Crippen LogP contribution in [0.25, 0.3) is 11.1 Å². The van der Waals surface area contributed by atoms with Crippen molar-refractivity contribution in [1.82, 2.24) is 14.8 Å². The maximum absolute atomic E-state index is 8.61. The molecule has 0 N–H and O–H groups in total. The van der Waals surface area contributed by atoms with Crippen LogP contribution in [0.15, 0.2) is 24.5 Å². The molecule has 4 heteroatoms. The molecule has 0 aliphatic carbocycles. The first-order chi connectivity index (χ1) is 9.63. The quantitative estimate of drug-likeness (QED) is 0.831. The number of aromatic nitrogens is 3. The fraction of sp³-hybridized carbons (Fsp3) is 0.438. The number of nitriles is 1. The first kappa shape index (κ1) is 14.3. The SMILES string of the molecule is CCC(C)c1cc(-c2cnn(CCC#N)c2)cc(C)n1. The Hall–Kier alpha value is -2.15. The molecule has 104 valence electrons. The summed E-state index contributed by atoms with van der Waals surface area (Å²) in [6, 6.07) is 6.36. The van der Waals surface area contributed by atoms with Gasteiger partial charge in [0.25, 0.3) is 0 Å². The van der Waals surface area contributed by atoms with Crippen LogP contribution in [0.4, 0.5) is 0 Å². The predicted octanol–water partition coefficient (Wildman–Crippen LogP) is 3.68. The second kappa shape index (κ2) is 6.33. The van der Waals surface area contributed by atoms with Crippen LogP contribution in [0.2, 0.25) is 0 Å². The molecule has 0 bridgehead atoms. The largest absolute Gasteiger partial charge is 0.271 e. The number of nitrogens with zero attached hydrogens (tertiary/aromatic N) is 4. The molecule has 0 fully saturated rings. The van der Waals surface area contributed by atoms with Gasteiger partial charge in [0, 0.05) is 23.1 Å². The van der Waals surface area contributed by atoms with Gasteiger partial charge in [-0.1, -0.05) is 13.8 Å². The Kier molecular flexibility index (Phi) is 4.52. The fourth-order valence-electron chi connectivity index (χ4n) is 2.12. The van der Waals surface area contributed by atoms with Gasteiger partial charge < -0.3 is 0 Å². The summed E-state index contributed by atoms with van der Waals surface area (Å²) < 4.78 is 1.82. The van der Waals surface area contributed by atoms with Gasteiger partial charge in [-0.15, -0.1) is 0 Å². The van der Waals surface area contributed by atoms with Gasteiger partial charge >= 0.3 is 0 Å². The average Bonchev–Trinajstić information content (AvgIpc) is 2.92. The van der Waals surface area contributed by atoms with Crippen LogP contribution in [0.1, 0.15) is 44.0 Å². The zero-order chi connectivity index (χ0) is 14.5. The van der Waals surface area contributed by atoms with Crippen molar-refractivity contribution in [1.29, 1.82) is 5.26 Å². The van der Waals surface area contributed by atoms with Crippen molar-refractivity contribution in [2.45, 2.75) is 46.1 Å². The maximum Gasteiger partial charge on any atom is 0.0641 e. The summed E-state index contributed by atoms with van der Waals surface area (Å²) in [4.78, 5) is 4.62. The third-order valence-corrected chi connectivity index (χ3v) is 3.51. The zero-order valence-electron chi connectivity index (χ0n) is 12.3. The maximum atomic E-state index is 8.61. The van der Waals surface area contributed by atoms with Crippen molar-refractivity contribution in [2.24, 2.45) is 0 Å². The molecule has 1 unspecified atom stereocenters. The molecule has 0 saturated carbocycles. The Balaban J connectivity index is 2.30. The minimum absolute atomic E-state index is 0.460. The zero-order valence-corrected chi connectivity index (χ0v) is 12.3. The molecule has 2 aromatic heterocycles. The summed E-state index contributed by atoms with van der Waals surface area (Å²) >= 11 is 0. The Morgan fingerprint density at radius 3 is 2.85 bits per heavy atom. The number of hydrogen-bond acceptors (Lipinski definition) is 3. The number of hydrogen-bond donors (Lipinski definition) is 0. The lowest BCUT2D eigenvalue weighted by atomic mass is 10.0. The van der Waals surface area contributed by atoms with Crippen LogP contribution < -0.4 is 0 Å². The van der Waals surface area contributed by atoms with E-state index in [0.29, 0.717) is 18.9 Å². The third-order valence-electron chi connectivity index (χ3n) is 3.51. The van der Waals surface area contributed by atoms with Crippen LogP contribution >= 0.6 is 0 Å². The van der Waals surface area contributed by atoms with E-state index in [9.17, 15) is 0 Å². The highest BCUT2D eigenvalue weighted by Gasteiger charge is 2.09. The molecular weight excluding hydrogens is 248 g/mol. The van der Waals surface area contributed by atoms with E-state index < -0.39 is 0 Å². The second-order valence-electron chi connectivity index (χ2n) is 5.13. The monoisotopic (exact) mass is 268 g/mol. The molecule has 2 heterocycles. The highest BCUT2D eigenvalue weighted by atomic mass is 15.3. The first-order valence-corrected chi connectivity index (χ1v) is 7.02. The lowest BCUT2D eigenvalue weighted by Gasteiger charge is -2.10. The smallest absolute Gasteiger partial charge is 0.0641 e. The highest BCUT2D eigenvalue weighted by Crippen LogP contribution is 2.25. The van der Waals surface area contributed by atoms with Crippen molar-refractivity contribution in [3.05, 3.63) is 35.9 Å². The van der Waals surface area contributed by atoms with Gasteiger partial charge in [-0.2, -0.15) is 10.4 Å². The van der Waals surface area contributed by atoms with Gasteiger partial charge in [-0.3, -0.25) is 9.67 Å². The minimum atomic E-state index is 0.460. The standard InChI is InChI=1S/C16H20N4/c1-4-12(2)16-9-14(8-13(3)19-16)15-10-18-20(11-15)7-5-6-17/h8-12H,4-5,7H2,1-3H3. The highest BCUT2D eigenvalue weighted by molar-refractivity contribution is 5.62. The average molecular weight is 268 g/mol. The molecule has 0 aliphatic heterocycles. The predicted molar refractivity (Wildman–Crippen MR) is 79.1 cm³/mol. The van der Waals surface area contributed by atoms with E-state index in [1.165, 1.54) is 0 Å². The lowest BCUT2D eigenvalue weighted by Crippen LogP contribution is -1.98. The van der Waals surface area contributed by atoms with Crippen molar-refractivity contribution in [2.75, 3.05) is 0 Å². The van der Waals surface area contributed by atoms with Crippen LogP contribution in [0.3, 0.4) is 0 Å². The van der Waals surface area contributed by atoms with Crippen molar-refractivity contribution in [3.8, 4) is 17.2 Å². The molecule has 4 nitrogen and oxygen atoms in total. The summed E-state index contributed by atoms with van der Waals surface area (Å²) in [5.74, 6) is 0.460. The minimum Gasteiger partial charge on any atom is -0.271 e. The summed E-state index contributed by atoms with van der Waals surface area (Å²) in [7, 11) is 0. The molecule has 0 radical (unpaired) electrons. The van der Waals surface area contributed by atoms with E-state index in [0.717, 1.165) is 28.9 Å². The lowest BCUT2D eigenvalue weighted by molar-refractivity contribution is 0.628. The summed E-state index contributed by atoms with van der Waals surface area (Å²) in [6.07, 6.45) is 5.41. The Morgan fingerprint density at radius 2 is 2.15 bits per heavy atom. The molecule has 20 heavy (non-hydrogen) atoms. The molecule has 1 atom stereocenters. The normalized spacial score (nSPS) is 12.1. The molecule has 0 spiro atoms. The Morgan fingerprint density at radius 1 is 1.35 bits per heavy atom. The summed E-state index contributed by atoms with van der Waals surface area (Å²) in [6.45, 7) is 7.03. The second-order valence-corrected chi connectivity index (χ2v) is 5.13. The van der Waals surface area contributed by atoms with Gasteiger partial charge in [0.2, 0.25) is 0 Å². The number of rotatable bonds is 5. The molecular formula is C16H20N4. The van der Waals surface area contributed by atoms with Crippen LogP contribution in [0, 0.1) is 18.3 Å². The van der Waals surface area contributed by atoms with E-state index in [2.05, 4.69) is 42.1 Å². The number of pyridine rings is 1. The number of aryl methyl sites for hydroxylation is 2. The van der Waals surface area contributed by atoms with E-state index in [1.807, 2.05) is 24.0 Å². The van der Waals surface area contributed by atoms with E-state index >= 15 is 0 Å². The van der Waals surface area contributed by atoms with Gasteiger partial charge in [0.05, 0.1) is 25.2 Å². The van der Waals surface area contributed by atoms with E-state index in [-0.39, 0.29) is 0 Å². The van der Waals surface area contributed by atoms with Gasteiger partial charge in [-0.25, -0.2) is 0 Å².